The minimum absolute atomic E-state index is 0.320. The maximum atomic E-state index is 14.5. The predicted octanol–water partition coefficient (Wildman–Crippen LogP) is 4.21. The largest absolute Gasteiger partial charge is 0.297 e. The molecule has 0 aliphatic rings. The molecule has 2 heterocycles. The average Bonchev–Trinajstić information content (AvgIpc) is 3.38. The van der Waals surface area contributed by atoms with Crippen molar-refractivity contribution in [1.82, 2.24) is 35.0 Å². The smallest absolute Gasteiger partial charge is 0.192 e. The van der Waals surface area contributed by atoms with Gasteiger partial charge in [0, 0.05) is 6.54 Å². The topological polar surface area (TPSA) is 74.3 Å². The Morgan fingerprint density at radius 1 is 0.967 bits per heavy atom. The lowest BCUT2D eigenvalue weighted by Crippen LogP contribution is -2.07. The molecule has 30 heavy (non-hydrogen) atoms. The first-order valence-electron chi connectivity index (χ1n) is 9.86. The molecule has 2 aromatic carbocycles. The molecular weight excluding hydrogens is 401 g/mol. The first kappa shape index (κ1) is 20.2. The van der Waals surface area contributed by atoms with Gasteiger partial charge in [-0.1, -0.05) is 67.6 Å². The Kier molecular flexibility index (Phi) is 6.48. The molecule has 0 bridgehead atoms. The van der Waals surface area contributed by atoms with Crippen LogP contribution in [0.1, 0.15) is 31.2 Å². The van der Waals surface area contributed by atoms with Gasteiger partial charge < -0.3 is 0 Å². The summed E-state index contributed by atoms with van der Waals surface area (Å²) in [5.41, 5.74) is 1.52. The lowest BCUT2D eigenvalue weighted by atomic mass is 10.2. The molecule has 0 fully saturated rings. The molecule has 0 atom stereocenters. The third-order valence-corrected chi connectivity index (χ3v) is 5.64. The molecule has 0 amide bonds. The van der Waals surface area contributed by atoms with Gasteiger partial charge in [-0.15, -0.1) is 15.3 Å². The van der Waals surface area contributed by atoms with Crippen LogP contribution in [-0.2, 0) is 18.8 Å². The molecule has 0 aliphatic heterocycles. The van der Waals surface area contributed by atoms with Gasteiger partial charge in [0.15, 0.2) is 16.8 Å². The Labute approximate surface area is 178 Å². The van der Waals surface area contributed by atoms with Gasteiger partial charge in [-0.05, 0) is 34.5 Å². The maximum absolute atomic E-state index is 14.5. The van der Waals surface area contributed by atoms with E-state index in [0.29, 0.717) is 28.8 Å². The summed E-state index contributed by atoms with van der Waals surface area (Å²) in [6, 6.07) is 16.6. The number of hydrogen-bond donors (Lipinski definition) is 0. The number of aromatic nitrogens is 7. The van der Waals surface area contributed by atoms with Crippen LogP contribution in [0.25, 0.3) is 11.4 Å². The number of rotatable bonds is 9. The van der Waals surface area contributed by atoms with Crippen LogP contribution in [0.2, 0.25) is 0 Å². The van der Waals surface area contributed by atoms with Gasteiger partial charge in [0.25, 0.3) is 0 Å². The summed E-state index contributed by atoms with van der Waals surface area (Å²) in [6.45, 7) is 3.46. The number of halogens is 1. The number of thioether (sulfide) groups is 1. The van der Waals surface area contributed by atoms with Crippen LogP contribution in [0.4, 0.5) is 4.39 Å². The monoisotopic (exact) mass is 423 g/mol. The zero-order valence-electron chi connectivity index (χ0n) is 16.6. The zero-order valence-corrected chi connectivity index (χ0v) is 17.5. The Hall–Kier alpha value is -3.07. The van der Waals surface area contributed by atoms with Gasteiger partial charge >= 0.3 is 0 Å². The van der Waals surface area contributed by atoms with E-state index in [1.54, 1.807) is 18.2 Å². The predicted molar refractivity (Wildman–Crippen MR) is 113 cm³/mol. The highest BCUT2D eigenvalue weighted by Crippen LogP contribution is 2.28. The number of hydrogen-bond acceptors (Lipinski definition) is 6. The van der Waals surface area contributed by atoms with E-state index < -0.39 is 0 Å². The van der Waals surface area contributed by atoms with Crippen molar-refractivity contribution in [3.05, 3.63) is 71.8 Å². The minimum Gasteiger partial charge on any atom is -0.297 e. The summed E-state index contributed by atoms with van der Waals surface area (Å²) in [5.74, 6) is 1.53. The van der Waals surface area contributed by atoms with Crippen LogP contribution in [0, 0.1) is 5.82 Å². The van der Waals surface area contributed by atoms with E-state index in [1.165, 1.54) is 17.8 Å². The molecule has 0 unspecified atom stereocenters. The van der Waals surface area contributed by atoms with E-state index in [-0.39, 0.29) is 5.82 Å². The van der Waals surface area contributed by atoms with Crippen LogP contribution in [0.5, 0.6) is 0 Å². The maximum Gasteiger partial charge on any atom is 0.192 e. The molecular formula is C21H22FN7S. The summed E-state index contributed by atoms with van der Waals surface area (Å²) in [4.78, 5) is 0. The Bertz CT molecular complexity index is 1090. The zero-order chi connectivity index (χ0) is 20.8. The highest BCUT2D eigenvalue weighted by atomic mass is 32.2. The second-order valence-electron chi connectivity index (χ2n) is 6.82. The van der Waals surface area contributed by atoms with Gasteiger partial charge in [0.2, 0.25) is 0 Å². The normalized spacial score (nSPS) is 11.1. The number of nitrogens with zero attached hydrogens (tertiary/aromatic N) is 7. The second kappa shape index (κ2) is 9.62. The Morgan fingerprint density at radius 2 is 1.77 bits per heavy atom. The van der Waals surface area contributed by atoms with E-state index in [2.05, 4.69) is 32.6 Å². The lowest BCUT2D eigenvalue weighted by Gasteiger charge is -2.11. The lowest BCUT2D eigenvalue weighted by molar-refractivity contribution is 0.540. The fourth-order valence-electron chi connectivity index (χ4n) is 3.08. The molecule has 0 radical (unpaired) electrons. The fourth-order valence-corrected chi connectivity index (χ4v) is 3.95. The van der Waals surface area contributed by atoms with Crippen molar-refractivity contribution in [1.29, 1.82) is 0 Å². The fraction of sp³-hybridized carbons (Fsp3) is 0.286. The summed E-state index contributed by atoms with van der Waals surface area (Å²) < 4.78 is 18.2. The van der Waals surface area contributed by atoms with Crippen LogP contribution >= 0.6 is 11.8 Å². The van der Waals surface area contributed by atoms with Crippen molar-refractivity contribution in [2.24, 2.45) is 0 Å². The summed E-state index contributed by atoms with van der Waals surface area (Å²) >= 11 is 1.50. The molecule has 0 saturated heterocycles. The Morgan fingerprint density at radius 3 is 2.57 bits per heavy atom. The highest BCUT2D eigenvalue weighted by molar-refractivity contribution is 7.98. The number of unbranched alkanes of at least 4 members (excludes halogenated alkanes) is 1. The molecule has 4 aromatic rings. The third kappa shape index (κ3) is 4.56. The van der Waals surface area contributed by atoms with Gasteiger partial charge in [-0.25, -0.2) is 9.07 Å². The molecule has 4 rings (SSSR count). The van der Waals surface area contributed by atoms with E-state index in [9.17, 15) is 4.39 Å². The van der Waals surface area contributed by atoms with Gasteiger partial charge in [-0.2, -0.15) is 0 Å². The highest BCUT2D eigenvalue weighted by Gasteiger charge is 2.18. The van der Waals surface area contributed by atoms with Crippen LogP contribution in [0.3, 0.4) is 0 Å². The van der Waals surface area contributed by atoms with E-state index in [1.807, 2.05) is 39.6 Å². The van der Waals surface area contributed by atoms with E-state index in [0.717, 1.165) is 30.8 Å². The summed E-state index contributed by atoms with van der Waals surface area (Å²) in [7, 11) is 0. The van der Waals surface area contributed by atoms with Gasteiger partial charge in [0.1, 0.15) is 5.82 Å². The van der Waals surface area contributed by atoms with E-state index in [4.69, 9.17) is 0 Å². The van der Waals surface area contributed by atoms with Crippen molar-refractivity contribution >= 4 is 11.8 Å². The summed E-state index contributed by atoms with van der Waals surface area (Å²) in [5, 5.41) is 21.4. The van der Waals surface area contributed by atoms with Crippen LogP contribution in [0.15, 0.2) is 59.8 Å². The van der Waals surface area contributed by atoms with E-state index >= 15 is 0 Å². The molecule has 154 valence electrons. The second-order valence-corrected chi connectivity index (χ2v) is 7.76. The number of tetrazole rings is 1. The molecule has 9 heteroatoms. The Balaban J connectivity index is 1.63. The molecule has 0 saturated carbocycles. The quantitative estimate of drug-likeness (QED) is 0.376. The first-order chi connectivity index (χ1) is 14.8. The van der Waals surface area contributed by atoms with Crippen molar-refractivity contribution in [3.8, 4) is 11.4 Å². The molecule has 0 spiro atoms. The minimum atomic E-state index is -0.320. The third-order valence-electron chi connectivity index (χ3n) is 4.68. The van der Waals surface area contributed by atoms with Crippen LogP contribution in [-0.4, -0.2) is 35.0 Å². The SMILES string of the molecule is CCCCn1nnnc1CSc1nnc(-c2ccccc2F)n1Cc1ccccc1. The van der Waals surface area contributed by atoms with Crippen LogP contribution < -0.4 is 0 Å². The average molecular weight is 424 g/mol. The molecule has 0 N–H and O–H groups in total. The summed E-state index contributed by atoms with van der Waals surface area (Å²) in [6.07, 6.45) is 2.09. The van der Waals surface area contributed by atoms with Gasteiger partial charge in [-0.3, -0.25) is 4.57 Å². The first-order valence-corrected chi connectivity index (χ1v) is 10.8. The number of benzene rings is 2. The van der Waals surface area contributed by atoms with Crippen molar-refractivity contribution in [2.75, 3.05) is 0 Å². The van der Waals surface area contributed by atoms with Crippen molar-refractivity contribution < 1.29 is 4.39 Å². The van der Waals surface area contributed by atoms with Crippen molar-refractivity contribution in [3.63, 3.8) is 0 Å². The van der Waals surface area contributed by atoms with Gasteiger partial charge in [0.05, 0.1) is 17.9 Å². The standard InChI is InChI=1S/C21H22FN7S/c1-2-3-13-29-19(23-26-27-29)15-30-21-25-24-20(17-11-7-8-12-18(17)22)28(21)14-16-9-5-4-6-10-16/h4-12H,2-3,13-15H2,1H3. The molecule has 0 aliphatic carbocycles. The molecule has 2 aromatic heterocycles. The van der Waals surface area contributed by atoms with Crippen molar-refractivity contribution in [2.45, 2.75) is 43.8 Å². The molecule has 7 nitrogen and oxygen atoms in total. The number of aryl methyl sites for hydroxylation is 1.